The van der Waals surface area contributed by atoms with Crippen molar-refractivity contribution in [2.24, 2.45) is 5.73 Å². The van der Waals surface area contributed by atoms with Crippen LogP contribution in [0.1, 0.15) is 0 Å². The lowest BCUT2D eigenvalue weighted by Gasteiger charge is -1.71. The first-order chi connectivity index (χ1) is 2.43. The zero-order valence-corrected chi connectivity index (χ0v) is 4.39. The molecule has 1 aliphatic heterocycles. The summed E-state index contributed by atoms with van der Waals surface area (Å²) in [5, 5.41) is 0. The molecule has 4 heteroatoms. The molecule has 0 aromatic heterocycles. The average molecular weight is 107 g/mol. The first kappa shape index (κ1) is 9.96. The molecular weight excluding hydrogens is 94.1 g/mol. The molecule has 4 nitrogen and oxygen atoms in total. The largest absolute Gasteiger partial charge is 0.372 e. The third-order valence-corrected chi connectivity index (χ3v) is 0.665. The summed E-state index contributed by atoms with van der Waals surface area (Å²) in [6.07, 6.45) is 0.412. The predicted octanol–water partition coefficient (Wildman–Crippen LogP) is -0.332. The SMILES string of the molecule is N.N.NCC1CO1. The van der Waals surface area contributed by atoms with Gasteiger partial charge in [-0.3, -0.25) is 0 Å². The number of hydrogen-bond acceptors (Lipinski definition) is 4. The lowest BCUT2D eigenvalue weighted by atomic mass is 10.5. The van der Waals surface area contributed by atoms with E-state index in [1.54, 1.807) is 0 Å². The van der Waals surface area contributed by atoms with Crippen LogP contribution < -0.4 is 18.0 Å². The van der Waals surface area contributed by atoms with Gasteiger partial charge in [0.15, 0.2) is 0 Å². The Morgan fingerprint density at radius 1 is 1.57 bits per heavy atom. The molecular formula is C3H13N3O. The van der Waals surface area contributed by atoms with E-state index < -0.39 is 0 Å². The van der Waals surface area contributed by atoms with Crippen LogP contribution in [0.2, 0.25) is 0 Å². The van der Waals surface area contributed by atoms with Crippen molar-refractivity contribution in [3.05, 3.63) is 0 Å². The van der Waals surface area contributed by atoms with Crippen molar-refractivity contribution in [2.45, 2.75) is 6.10 Å². The molecule has 0 saturated carbocycles. The van der Waals surface area contributed by atoms with E-state index in [2.05, 4.69) is 0 Å². The minimum atomic E-state index is 0. The molecule has 7 heavy (non-hydrogen) atoms. The van der Waals surface area contributed by atoms with Crippen LogP contribution in [0.3, 0.4) is 0 Å². The van der Waals surface area contributed by atoms with Crippen LogP contribution in [-0.2, 0) is 4.74 Å². The molecule has 0 aromatic rings. The van der Waals surface area contributed by atoms with Crippen molar-refractivity contribution in [1.29, 1.82) is 0 Å². The molecule has 0 radical (unpaired) electrons. The zero-order chi connectivity index (χ0) is 3.70. The van der Waals surface area contributed by atoms with Crippen LogP contribution in [0.5, 0.6) is 0 Å². The van der Waals surface area contributed by atoms with Crippen molar-refractivity contribution in [2.75, 3.05) is 13.2 Å². The molecule has 0 aromatic carbocycles. The Kier molecular flexibility index (Phi) is 5.71. The van der Waals surface area contributed by atoms with E-state index in [9.17, 15) is 0 Å². The van der Waals surface area contributed by atoms with Crippen LogP contribution in [0.15, 0.2) is 0 Å². The molecule has 0 spiro atoms. The highest BCUT2D eigenvalue weighted by molar-refractivity contribution is 4.67. The van der Waals surface area contributed by atoms with E-state index >= 15 is 0 Å². The van der Waals surface area contributed by atoms with Crippen LogP contribution in [0.4, 0.5) is 0 Å². The highest BCUT2D eigenvalue weighted by atomic mass is 16.6. The van der Waals surface area contributed by atoms with Gasteiger partial charge in [-0.15, -0.1) is 0 Å². The molecule has 46 valence electrons. The summed E-state index contributed by atoms with van der Waals surface area (Å²) in [5.41, 5.74) is 5.11. The molecule has 1 heterocycles. The maximum absolute atomic E-state index is 5.11. The smallest absolute Gasteiger partial charge is 0.0931 e. The Morgan fingerprint density at radius 3 is 2.00 bits per heavy atom. The molecule has 1 atom stereocenters. The van der Waals surface area contributed by atoms with Gasteiger partial charge in [0.05, 0.1) is 12.7 Å². The van der Waals surface area contributed by atoms with Crippen LogP contribution in [0, 0.1) is 0 Å². The maximum atomic E-state index is 5.11. The average Bonchev–Trinajstić information content (AvgIpc) is 2.12. The van der Waals surface area contributed by atoms with Gasteiger partial charge in [-0.1, -0.05) is 0 Å². The maximum Gasteiger partial charge on any atom is 0.0931 e. The third kappa shape index (κ3) is 3.68. The van der Waals surface area contributed by atoms with E-state index in [-0.39, 0.29) is 12.3 Å². The molecule has 0 amide bonds. The fourth-order valence-corrected chi connectivity index (χ4v) is 0.204. The standard InChI is InChI=1S/C3H7NO.2H3N/c4-1-3-2-5-3;;/h3H,1-2,4H2;2*1H3. The Hall–Kier alpha value is -0.160. The summed E-state index contributed by atoms with van der Waals surface area (Å²) in [7, 11) is 0. The number of epoxide rings is 1. The molecule has 1 saturated heterocycles. The van der Waals surface area contributed by atoms with Crippen molar-refractivity contribution in [1.82, 2.24) is 12.3 Å². The predicted molar refractivity (Wildman–Crippen MR) is 28.8 cm³/mol. The molecule has 1 aliphatic rings. The second-order valence-corrected chi connectivity index (χ2v) is 1.19. The van der Waals surface area contributed by atoms with Gasteiger partial charge in [-0.25, -0.2) is 0 Å². The van der Waals surface area contributed by atoms with Gasteiger partial charge >= 0.3 is 0 Å². The lowest BCUT2D eigenvalue weighted by molar-refractivity contribution is 0.412. The second-order valence-electron chi connectivity index (χ2n) is 1.19. The molecule has 1 unspecified atom stereocenters. The summed E-state index contributed by atoms with van der Waals surface area (Å²) in [6, 6.07) is 0. The summed E-state index contributed by atoms with van der Waals surface area (Å²) in [6.45, 7) is 1.58. The van der Waals surface area contributed by atoms with Gasteiger partial charge in [0, 0.05) is 6.54 Å². The minimum absolute atomic E-state index is 0. The molecule has 8 N–H and O–H groups in total. The van der Waals surface area contributed by atoms with Gasteiger partial charge in [0.2, 0.25) is 0 Å². The fraction of sp³-hybridized carbons (Fsp3) is 1.00. The van der Waals surface area contributed by atoms with Crippen LogP contribution in [-0.4, -0.2) is 19.3 Å². The van der Waals surface area contributed by atoms with Gasteiger partial charge in [-0.2, -0.15) is 0 Å². The van der Waals surface area contributed by atoms with E-state index in [1.165, 1.54) is 0 Å². The number of ether oxygens (including phenoxy) is 1. The van der Waals surface area contributed by atoms with Crippen molar-refractivity contribution in [3.8, 4) is 0 Å². The van der Waals surface area contributed by atoms with E-state index in [0.29, 0.717) is 12.6 Å². The lowest BCUT2D eigenvalue weighted by Crippen LogP contribution is -2.05. The quantitative estimate of drug-likeness (QED) is 0.398. The highest BCUT2D eigenvalue weighted by Crippen LogP contribution is 2.03. The number of rotatable bonds is 1. The Labute approximate surface area is 43.2 Å². The Bertz CT molecular complexity index is 37.2. The topological polar surface area (TPSA) is 109 Å². The molecule has 1 fully saturated rings. The monoisotopic (exact) mass is 107 g/mol. The zero-order valence-electron chi connectivity index (χ0n) is 4.39. The van der Waals surface area contributed by atoms with Gasteiger partial charge in [-0.05, 0) is 0 Å². The number of hydrogen-bond donors (Lipinski definition) is 3. The molecule has 0 bridgehead atoms. The van der Waals surface area contributed by atoms with Crippen molar-refractivity contribution >= 4 is 0 Å². The third-order valence-electron chi connectivity index (χ3n) is 0.665. The van der Waals surface area contributed by atoms with E-state index in [1.807, 2.05) is 0 Å². The number of nitrogens with two attached hydrogens (primary N) is 1. The summed E-state index contributed by atoms with van der Waals surface area (Å²) >= 11 is 0. The first-order valence-corrected chi connectivity index (χ1v) is 1.75. The van der Waals surface area contributed by atoms with Crippen molar-refractivity contribution in [3.63, 3.8) is 0 Å². The van der Waals surface area contributed by atoms with E-state index in [4.69, 9.17) is 10.5 Å². The Morgan fingerprint density at radius 2 is 2.00 bits per heavy atom. The highest BCUT2D eigenvalue weighted by Gasteiger charge is 2.18. The van der Waals surface area contributed by atoms with Crippen molar-refractivity contribution < 1.29 is 4.74 Å². The summed E-state index contributed by atoms with van der Waals surface area (Å²) in [5.74, 6) is 0. The minimum Gasteiger partial charge on any atom is -0.372 e. The van der Waals surface area contributed by atoms with Gasteiger partial charge in [0.25, 0.3) is 0 Å². The fourth-order valence-electron chi connectivity index (χ4n) is 0.204. The Balaban J connectivity index is 0. The second kappa shape index (κ2) is 4.01. The summed E-state index contributed by atoms with van der Waals surface area (Å²) in [4.78, 5) is 0. The van der Waals surface area contributed by atoms with Gasteiger partial charge < -0.3 is 22.8 Å². The molecule has 0 aliphatic carbocycles. The van der Waals surface area contributed by atoms with Crippen LogP contribution in [0.25, 0.3) is 0 Å². The molecule has 1 rings (SSSR count). The van der Waals surface area contributed by atoms with Gasteiger partial charge in [0.1, 0.15) is 0 Å². The summed E-state index contributed by atoms with van der Waals surface area (Å²) < 4.78 is 4.73. The first-order valence-electron chi connectivity index (χ1n) is 1.75. The normalized spacial score (nSPS) is 24.4. The van der Waals surface area contributed by atoms with Crippen LogP contribution >= 0.6 is 0 Å². The van der Waals surface area contributed by atoms with E-state index in [0.717, 1.165) is 6.61 Å².